The monoisotopic (exact) mass is 154 g/mol. The summed E-state index contributed by atoms with van der Waals surface area (Å²) in [7, 11) is 0. The van der Waals surface area contributed by atoms with Gasteiger partial charge in [0.2, 0.25) is 0 Å². The van der Waals surface area contributed by atoms with Crippen molar-refractivity contribution >= 4 is 0 Å². The molecule has 0 aromatic heterocycles. The van der Waals surface area contributed by atoms with Crippen molar-refractivity contribution in [1.82, 2.24) is 0 Å². The summed E-state index contributed by atoms with van der Waals surface area (Å²) in [6.07, 6.45) is 8.06. The molecule has 1 rings (SSSR count). The minimum absolute atomic E-state index is 1.20. The molecule has 0 amide bonds. The summed E-state index contributed by atoms with van der Waals surface area (Å²) < 4.78 is 0. The Labute approximate surface area is 72.0 Å². The molecule has 11 heavy (non-hydrogen) atoms. The standard InChI is InChI=1S/C7H10.2C2H6/c1-7-5-3-2-4-6-7;2*1-2/h3,5H,1-2,4,6H2;2*1-2H3. The molecule has 0 aliphatic heterocycles. The molecule has 0 saturated carbocycles. The van der Waals surface area contributed by atoms with Crippen molar-refractivity contribution in [3.8, 4) is 0 Å². The highest BCUT2D eigenvalue weighted by molar-refractivity contribution is 5.16. The van der Waals surface area contributed by atoms with Crippen LogP contribution in [0.3, 0.4) is 0 Å². The zero-order chi connectivity index (χ0) is 9.11. The van der Waals surface area contributed by atoms with Crippen LogP contribution in [0.1, 0.15) is 47.0 Å². The minimum atomic E-state index is 1.20. The van der Waals surface area contributed by atoms with Gasteiger partial charge in [0.1, 0.15) is 0 Å². The van der Waals surface area contributed by atoms with Gasteiger partial charge in [-0.15, -0.1) is 0 Å². The van der Waals surface area contributed by atoms with Crippen molar-refractivity contribution in [1.29, 1.82) is 0 Å². The third-order valence-corrected chi connectivity index (χ3v) is 1.22. The van der Waals surface area contributed by atoms with E-state index in [-0.39, 0.29) is 0 Å². The van der Waals surface area contributed by atoms with Gasteiger partial charge in [0.05, 0.1) is 0 Å². The van der Waals surface area contributed by atoms with Crippen molar-refractivity contribution in [2.45, 2.75) is 47.0 Å². The van der Waals surface area contributed by atoms with Crippen LogP contribution in [0, 0.1) is 0 Å². The first-order valence-electron chi connectivity index (χ1n) is 4.74. The van der Waals surface area contributed by atoms with Gasteiger partial charge in [-0.05, 0) is 19.3 Å². The highest BCUT2D eigenvalue weighted by Crippen LogP contribution is 2.12. The van der Waals surface area contributed by atoms with Crippen molar-refractivity contribution in [3.63, 3.8) is 0 Å². The summed E-state index contributed by atoms with van der Waals surface area (Å²) in [5.74, 6) is 0. The molecule has 0 aromatic carbocycles. The Morgan fingerprint density at radius 2 is 1.73 bits per heavy atom. The molecule has 0 nitrogen and oxygen atoms in total. The number of hydrogen-bond acceptors (Lipinski definition) is 0. The second-order valence-corrected chi connectivity index (χ2v) is 1.95. The second-order valence-electron chi connectivity index (χ2n) is 1.95. The lowest BCUT2D eigenvalue weighted by Crippen LogP contribution is -1.82. The van der Waals surface area contributed by atoms with Gasteiger partial charge >= 0.3 is 0 Å². The van der Waals surface area contributed by atoms with Gasteiger partial charge in [0.25, 0.3) is 0 Å². The van der Waals surface area contributed by atoms with E-state index in [9.17, 15) is 0 Å². The van der Waals surface area contributed by atoms with E-state index in [2.05, 4.69) is 18.7 Å². The van der Waals surface area contributed by atoms with Crippen LogP contribution in [0.5, 0.6) is 0 Å². The molecule has 0 spiro atoms. The summed E-state index contributed by atoms with van der Waals surface area (Å²) in [5.41, 5.74) is 1.28. The third-order valence-electron chi connectivity index (χ3n) is 1.22. The van der Waals surface area contributed by atoms with Gasteiger partial charge in [-0.2, -0.15) is 0 Å². The summed E-state index contributed by atoms with van der Waals surface area (Å²) in [6, 6.07) is 0. The smallest absolute Gasteiger partial charge is 0.0282 e. The number of rotatable bonds is 0. The van der Waals surface area contributed by atoms with Gasteiger partial charge < -0.3 is 0 Å². The Bertz CT molecular complexity index is 98.6. The van der Waals surface area contributed by atoms with E-state index >= 15 is 0 Å². The molecule has 1 aliphatic carbocycles. The Balaban J connectivity index is 0. The predicted octanol–water partition coefficient (Wildman–Crippen LogP) is 4.34. The van der Waals surface area contributed by atoms with E-state index < -0.39 is 0 Å². The van der Waals surface area contributed by atoms with Crippen LogP contribution in [0.25, 0.3) is 0 Å². The van der Waals surface area contributed by atoms with Gasteiger partial charge in [-0.3, -0.25) is 0 Å². The fraction of sp³-hybridized carbons (Fsp3) is 0.636. The molecule has 66 valence electrons. The SMILES string of the molecule is C=C1C=CCCC1.CC.CC. The third kappa shape index (κ3) is 9.48. The van der Waals surface area contributed by atoms with E-state index in [1.54, 1.807) is 0 Å². The summed E-state index contributed by atoms with van der Waals surface area (Å²) in [6.45, 7) is 11.8. The fourth-order valence-electron chi connectivity index (χ4n) is 0.780. The Morgan fingerprint density at radius 1 is 1.18 bits per heavy atom. The van der Waals surface area contributed by atoms with Crippen LogP contribution in [0.4, 0.5) is 0 Å². The number of allylic oxidation sites excluding steroid dienone is 3. The van der Waals surface area contributed by atoms with Crippen LogP contribution in [-0.4, -0.2) is 0 Å². The van der Waals surface area contributed by atoms with Crippen molar-refractivity contribution in [2.24, 2.45) is 0 Å². The first kappa shape index (κ1) is 13.1. The zero-order valence-corrected chi connectivity index (χ0v) is 8.48. The van der Waals surface area contributed by atoms with Crippen LogP contribution in [-0.2, 0) is 0 Å². The number of hydrogen-bond donors (Lipinski definition) is 0. The lowest BCUT2D eigenvalue weighted by atomic mass is 10.0. The quantitative estimate of drug-likeness (QED) is 0.487. The molecule has 0 N–H and O–H groups in total. The molecular weight excluding hydrogens is 132 g/mol. The molecular formula is C11H22. The average Bonchev–Trinajstić information content (AvgIpc) is 2.13. The molecule has 0 saturated heterocycles. The topological polar surface area (TPSA) is 0 Å². The van der Waals surface area contributed by atoms with Crippen LogP contribution >= 0.6 is 0 Å². The average molecular weight is 154 g/mol. The molecule has 0 heterocycles. The first-order valence-corrected chi connectivity index (χ1v) is 4.74. The largest absolute Gasteiger partial charge is 0.0958 e. The Hall–Kier alpha value is -0.520. The van der Waals surface area contributed by atoms with Crippen LogP contribution < -0.4 is 0 Å². The molecule has 0 heteroatoms. The molecule has 0 aromatic rings. The first-order chi connectivity index (χ1) is 5.39. The van der Waals surface area contributed by atoms with Gasteiger partial charge in [-0.1, -0.05) is 52.0 Å². The molecule has 0 unspecified atom stereocenters. The second kappa shape index (κ2) is 12.2. The lowest BCUT2D eigenvalue weighted by molar-refractivity contribution is 0.823. The van der Waals surface area contributed by atoms with Crippen molar-refractivity contribution in [3.05, 3.63) is 24.3 Å². The van der Waals surface area contributed by atoms with Crippen molar-refractivity contribution in [2.75, 3.05) is 0 Å². The molecule has 0 atom stereocenters. The van der Waals surface area contributed by atoms with E-state index in [0.717, 1.165) is 0 Å². The maximum atomic E-state index is 3.83. The maximum Gasteiger partial charge on any atom is -0.0282 e. The molecule has 0 radical (unpaired) electrons. The lowest BCUT2D eigenvalue weighted by Gasteiger charge is -2.02. The Kier molecular flexibility index (Phi) is 14.5. The summed E-state index contributed by atoms with van der Waals surface area (Å²) in [5, 5.41) is 0. The minimum Gasteiger partial charge on any atom is -0.0958 e. The van der Waals surface area contributed by atoms with E-state index in [4.69, 9.17) is 0 Å². The zero-order valence-electron chi connectivity index (χ0n) is 8.48. The van der Waals surface area contributed by atoms with Gasteiger partial charge in [0.15, 0.2) is 0 Å². The van der Waals surface area contributed by atoms with E-state index in [1.165, 1.54) is 24.8 Å². The van der Waals surface area contributed by atoms with Crippen LogP contribution in [0.2, 0.25) is 0 Å². The maximum absolute atomic E-state index is 3.83. The predicted molar refractivity (Wildman–Crippen MR) is 54.8 cm³/mol. The van der Waals surface area contributed by atoms with E-state index in [0.29, 0.717) is 0 Å². The summed E-state index contributed by atoms with van der Waals surface area (Å²) in [4.78, 5) is 0. The normalized spacial score (nSPS) is 14.0. The Morgan fingerprint density at radius 3 is 1.91 bits per heavy atom. The summed E-state index contributed by atoms with van der Waals surface area (Å²) >= 11 is 0. The fourth-order valence-corrected chi connectivity index (χ4v) is 0.780. The van der Waals surface area contributed by atoms with Crippen LogP contribution in [0.15, 0.2) is 24.3 Å². The highest BCUT2D eigenvalue weighted by Gasteiger charge is 1.92. The molecule has 1 aliphatic rings. The van der Waals surface area contributed by atoms with E-state index in [1.807, 2.05) is 27.7 Å². The van der Waals surface area contributed by atoms with Gasteiger partial charge in [-0.25, -0.2) is 0 Å². The van der Waals surface area contributed by atoms with Gasteiger partial charge in [0, 0.05) is 0 Å². The van der Waals surface area contributed by atoms with Crippen molar-refractivity contribution < 1.29 is 0 Å². The molecule has 0 bridgehead atoms. The highest BCUT2D eigenvalue weighted by atomic mass is 14.0. The molecule has 0 fully saturated rings.